The van der Waals surface area contributed by atoms with E-state index in [1.807, 2.05) is 0 Å². The molecule has 1 atom stereocenters. The molecule has 5 N–H and O–H groups in total. The molecule has 8 nitrogen and oxygen atoms in total. The Morgan fingerprint density at radius 3 is 1.60 bits per heavy atom. The minimum Gasteiger partial charge on any atom is -0.547 e. The van der Waals surface area contributed by atoms with Gasteiger partial charge in [0, 0.05) is 6.42 Å². The Morgan fingerprint density at radius 1 is 1.07 bits per heavy atom. The monoisotopic (exact) mass is 210 g/mol. The van der Waals surface area contributed by atoms with Gasteiger partial charge in [0.05, 0.1) is 5.97 Å². The molecule has 0 fully saturated rings. The minimum atomic E-state index is -2.08. The normalized spacial score (nSPS) is 8.87. The Balaban J connectivity index is -0.0000000833. The van der Waals surface area contributed by atoms with Crippen molar-refractivity contribution in [1.29, 1.82) is 0 Å². The van der Waals surface area contributed by atoms with E-state index in [2.05, 4.69) is 0 Å². The van der Waals surface area contributed by atoms with Gasteiger partial charge in [-0.15, -0.1) is 0 Å². The fraction of sp³-hybridized carbons (Fsp3) is 0.400. The Kier molecular flexibility index (Phi) is 26.7. The predicted molar refractivity (Wildman–Crippen MR) is 32.9 cm³/mol. The number of rotatable bonds is 4. The van der Waals surface area contributed by atoms with Crippen molar-refractivity contribution in [2.24, 2.45) is 0 Å². The van der Waals surface area contributed by atoms with E-state index in [0.717, 1.165) is 0 Å². The van der Waals surface area contributed by atoms with Crippen LogP contribution in [0.4, 0.5) is 0 Å². The van der Waals surface area contributed by atoms with Crippen LogP contribution in [0.15, 0.2) is 0 Å². The standard InChI is InChI=1S/C5H6O6.2Li.2H2O/c6-2(4(8)9)1-3(7)5(10)11;;;;/h2,6H,1H2,(H,8,9)(H,10,11);;;2*1H2/q;2*+1;;/p-2. The van der Waals surface area contributed by atoms with Crippen LogP contribution in [0.25, 0.3) is 0 Å². The summed E-state index contributed by atoms with van der Waals surface area (Å²) in [6.07, 6.45) is -3.11. The summed E-state index contributed by atoms with van der Waals surface area (Å²) in [5.74, 6) is -5.38. The molecular formula is C5H8Li2O8. The van der Waals surface area contributed by atoms with Gasteiger partial charge in [0.2, 0.25) is 0 Å². The minimum absolute atomic E-state index is 0. The number of carbonyl (C=O) groups excluding carboxylic acids is 3. The molecule has 0 heterocycles. The average molecular weight is 210 g/mol. The summed E-state index contributed by atoms with van der Waals surface area (Å²) in [6.45, 7) is 0. The van der Waals surface area contributed by atoms with Crippen LogP contribution in [0, 0.1) is 0 Å². The van der Waals surface area contributed by atoms with E-state index < -0.39 is 30.2 Å². The van der Waals surface area contributed by atoms with Crippen molar-refractivity contribution < 1.29 is 78.4 Å². The number of aliphatic carboxylic acids is 2. The van der Waals surface area contributed by atoms with Crippen molar-refractivity contribution in [2.45, 2.75) is 12.5 Å². The molecule has 0 aromatic rings. The largest absolute Gasteiger partial charge is 1.00 e. The van der Waals surface area contributed by atoms with Crippen LogP contribution < -0.4 is 47.9 Å². The molecule has 0 rings (SSSR count). The van der Waals surface area contributed by atoms with Crippen molar-refractivity contribution in [1.82, 2.24) is 0 Å². The average Bonchev–Trinajstić information content (AvgIpc) is 1.87. The molecule has 0 amide bonds. The smallest absolute Gasteiger partial charge is 0.547 e. The first kappa shape index (κ1) is 29.3. The third kappa shape index (κ3) is 13.7. The van der Waals surface area contributed by atoms with E-state index in [1.54, 1.807) is 0 Å². The van der Waals surface area contributed by atoms with Gasteiger partial charge in [-0.2, -0.15) is 0 Å². The molecule has 15 heavy (non-hydrogen) atoms. The molecule has 0 aromatic heterocycles. The maximum atomic E-state index is 10.1. The number of Topliss-reactive ketones (excluding diaryl/α,β-unsaturated/α-hetero) is 1. The van der Waals surface area contributed by atoms with Gasteiger partial charge in [0.1, 0.15) is 12.1 Å². The second-order valence-corrected chi connectivity index (χ2v) is 1.75. The summed E-state index contributed by atoms with van der Waals surface area (Å²) < 4.78 is 0. The Bertz CT molecular complexity index is 205. The van der Waals surface area contributed by atoms with Crippen molar-refractivity contribution in [3.05, 3.63) is 0 Å². The van der Waals surface area contributed by atoms with Gasteiger partial charge in [0.25, 0.3) is 0 Å². The van der Waals surface area contributed by atoms with Gasteiger partial charge >= 0.3 is 37.7 Å². The van der Waals surface area contributed by atoms with Crippen molar-refractivity contribution in [3.63, 3.8) is 0 Å². The summed E-state index contributed by atoms with van der Waals surface area (Å²) >= 11 is 0. The maximum absolute atomic E-state index is 10.1. The second kappa shape index (κ2) is 13.7. The number of hydrogen-bond acceptors (Lipinski definition) is 6. The topological polar surface area (TPSA) is 181 Å². The summed E-state index contributed by atoms with van der Waals surface area (Å²) in [6, 6.07) is 0. The zero-order chi connectivity index (χ0) is 9.02. The number of aliphatic hydroxyl groups is 1. The molecule has 0 bridgehead atoms. The number of carbonyl (C=O) groups is 3. The van der Waals surface area contributed by atoms with Crippen LogP contribution in [-0.4, -0.2) is 39.9 Å². The van der Waals surface area contributed by atoms with Gasteiger partial charge in [-0.25, -0.2) is 0 Å². The fourth-order valence-electron chi connectivity index (χ4n) is 0.342. The van der Waals surface area contributed by atoms with Crippen LogP contribution in [-0.2, 0) is 14.4 Å². The first-order valence-corrected chi connectivity index (χ1v) is 2.58. The molecule has 0 saturated carbocycles. The van der Waals surface area contributed by atoms with Crippen molar-refractivity contribution in [2.75, 3.05) is 0 Å². The quantitative estimate of drug-likeness (QED) is 0.354. The van der Waals surface area contributed by atoms with Crippen molar-refractivity contribution in [3.8, 4) is 0 Å². The molecule has 78 valence electrons. The van der Waals surface area contributed by atoms with E-state index in [9.17, 15) is 24.6 Å². The van der Waals surface area contributed by atoms with Gasteiger partial charge in [-0.3, -0.25) is 4.79 Å². The van der Waals surface area contributed by atoms with Gasteiger partial charge in [-0.05, 0) is 0 Å². The Hall–Kier alpha value is -0.315. The number of carboxylic acids is 2. The van der Waals surface area contributed by atoms with E-state index in [-0.39, 0.29) is 48.7 Å². The summed E-state index contributed by atoms with van der Waals surface area (Å²) in [4.78, 5) is 29.5. The van der Waals surface area contributed by atoms with Crippen LogP contribution in [0.1, 0.15) is 6.42 Å². The van der Waals surface area contributed by atoms with Crippen molar-refractivity contribution >= 4 is 17.7 Å². The number of aliphatic hydroxyl groups excluding tert-OH is 1. The molecule has 0 spiro atoms. The molecule has 0 saturated heterocycles. The van der Waals surface area contributed by atoms with E-state index in [0.29, 0.717) is 0 Å². The SMILES string of the molecule is O.O.O=C([O-])C(=O)CC(O)C(=O)[O-].[Li+].[Li+]. The van der Waals surface area contributed by atoms with E-state index in [1.165, 1.54) is 0 Å². The zero-order valence-corrected chi connectivity index (χ0v) is 8.27. The van der Waals surface area contributed by atoms with Crippen LogP contribution in [0.3, 0.4) is 0 Å². The van der Waals surface area contributed by atoms with Gasteiger partial charge in [0.15, 0.2) is 5.78 Å². The van der Waals surface area contributed by atoms with E-state index >= 15 is 0 Å². The Morgan fingerprint density at radius 2 is 1.40 bits per heavy atom. The summed E-state index contributed by atoms with van der Waals surface area (Å²) in [5.41, 5.74) is 0. The fourth-order valence-corrected chi connectivity index (χ4v) is 0.342. The van der Waals surface area contributed by atoms with Crippen LogP contribution in [0.5, 0.6) is 0 Å². The third-order valence-electron chi connectivity index (χ3n) is 0.878. The number of ketones is 1. The molecule has 0 radical (unpaired) electrons. The van der Waals surface area contributed by atoms with E-state index in [4.69, 9.17) is 5.11 Å². The first-order chi connectivity index (χ1) is 4.95. The molecule has 1 unspecified atom stereocenters. The third-order valence-corrected chi connectivity index (χ3v) is 0.878. The predicted octanol–water partition coefficient (Wildman–Crippen LogP) is -11.8. The molecular weight excluding hydrogens is 202 g/mol. The molecule has 10 heteroatoms. The molecule has 0 aliphatic carbocycles. The molecule has 0 aliphatic heterocycles. The van der Waals surface area contributed by atoms with Crippen LogP contribution in [0.2, 0.25) is 0 Å². The first-order valence-electron chi connectivity index (χ1n) is 2.58. The summed E-state index contributed by atoms with van der Waals surface area (Å²) in [7, 11) is 0. The summed E-state index contributed by atoms with van der Waals surface area (Å²) in [5, 5.41) is 27.8. The second-order valence-electron chi connectivity index (χ2n) is 1.75. The molecule has 0 aliphatic rings. The van der Waals surface area contributed by atoms with Crippen LogP contribution >= 0.6 is 0 Å². The molecule has 0 aromatic carbocycles. The van der Waals surface area contributed by atoms with Gasteiger partial charge in [-0.1, -0.05) is 0 Å². The number of carboxylic acid groups (broad SMARTS) is 2. The Labute approximate surface area is 109 Å². The number of hydrogen-bond donors (Lipinski definition) is 1. The zero-order valence-electron chi connectivity index (χ0n) is 8.27. The maximum Gasteiger partial charge on any atom is 1.00 e. The van der Waals surface area contributed by atoms with Gasteiger partial charge < -0.3 is 35.9 Å².